The summed E-state index contributed by atoms with van der Waals surface area (Å²) in [6, 6.07) is 11.3. The van der Waals surface area contributed by atoms with Crippen molar-refractivity contribution in [2.75, 3.05) is 4.90 Å². The Kier molecular flexibility index (Phi) is 4.05. The fraction of sp³-hybridized carbons (Fsp3) is 0.190. The second-order valence-electron chi connectivity index (χ2n) is 7.38. The van der Waals surface area contributed by atoms with E-state index < -0.39 is 23.3 Å². The van der Waals surface area contributed by atoms with Crippen LogP contribution in [0.3, 0.4) is 0 Å². The number of aromatic nitrogens is 1. The van der Waals surface area contributed by atoms with Crippen molar-refractivity contribution in [2.24, 2.45) is 0 Å². The molecule has 1 saturated carbocycles. The first kappa shape index (κ1) is 18.3. The second kappa shape index (κ2) is 6.40. The van der Waals surface area contributed by atoms with Crippen LogP contribution in [0.25, 0.3) is 10.8 Å². The number of anilines is 1. The van der Waals surface area contributed by atoms with E-state index in [1.165, 1.54) is 18.3 Å². The molecule has 0 bridgehead atoms. The number of imide groups is 1. The second-order valence-corrected chi connectivity index (χ2v) is 8.15. The number of nitrogens with zero attached hydrogens (tertiary/aromatic N) is 2. The van der Waals surface area contributed by atoms with Crippen molar-refractivity contribution in [3.8, 4) is 0 Å². The summed E-state index contributed by atoms with van der Waals surface area (Å²) in [7, 11) is 0. The van der Waals surface area contributed by atoms with Gasteiger partial charge < -0.3 is 5.32 Å². The normalized spacial score (nSPS) is 23.6. The average molecular weight is 430 g/mol. The van der Waals surface area contributed by atoms with E-state index in [2.05, 4.69) is 10.3 Å². The average Bonchev–Trinajstić information content (AvgIpc) is 2.92. The SMILES string of the molecule is O=C1NC2(CC(c3ccccc3Cl)C2)C(=O)N1c1c(Cl)ncc2cccc(F)c12. The van der Waals surface area contributed by atoms with Crippen LogP contribution >= 0.6 is 23.2 Å². The van der Waals surface area contributed by atoms with E-state index in [0.717, 1.165) is 10.5 Å². The minimum atomic E-state index is -1.04. The molecule has 29 heavy (non-hydrogen) atoms. The van der Waals surface area contributed by atoms with Crippen molar-refractivity contribution in [3.05, 3.63) is 70.2 Å². The lowest BCUT2D eigenvalue weighted by Crippen LogP contribution is -2.56. The highest BCUT2D eigenvalue weighted by molar-refractivity contribution is 6.37. The largest absolute Gasteiger partial charge is 0.329 e. The minimum Gasteiger partial charge on any atom is -0.323 e. The smallest absolute Gasteiger partial charge is 0.323 e. The molecule has 2 aromatic carbocycles. The van der Waals surface area contributed by atoms with Gasteiger partial charge in [-0.1, -0.05) is 53.5 Å². The van der Waals surface area contributed by atoms with Gasteiger partial charge in [-0.3, -0.25) is 4.79 Å². The Labute approximate surface area is 175 Å². The summed E-state index contributed by atoms with van der Waals surface area (Å²) in [6.45, 7) is 0. The molecule has 5 nitrogen and oxygen atoms in total. The number of carbonyl (C=O) groups is 2. The maximum atomic E-state index is 14.6. The maximum absolute atomic E-state index is 14.6. The van der Waals surface area contributed by atoms with E-state index in [4.69, 9.17) is 23.2 Å². The van der Waals surface area contributed by atoms with Crippen LogP contribution in [0, 0.1) is 5.82 Å². The molecule has 2 heterocycles. The van der Waals surface area contributed by atoms with Gasteiger partial charge in [0.05, 0.1) is 0 Å². The van der Waals surface area contributed by atoms with Crippen LogP contribution in [-0.2, 0) is 4.79 Å². The van der Waals surface area contributed by atoms with Gasteiger partial charge in [-0.2, -0.15) is 0 Å². The molecule has 0 unspecified atom stereocenters. The fourth-order valence-corrected chi connectivity index (χ4v) is 4.82. The zero-order valence-electron chi connectivity index (χ0n) is 15.0. The zero-order chi connectivity index (χ0) is 20.3. The lowest BCUT2D eigenvalue weighted by Gasteiger charge is -2.43. The highest BCUT2D eigenvalue weighted by atomic mass is 35.5. The first-order chi connectivity index (χ1) is 13.9. The number of nitrogens with one attached hydrogen (secondary N) is 1. The quantitative estimate of drug-likeness (QED) is 0.457. The summed E-state index contributed by atoms with van der Waals surface area (Å²) in [5, 5.41) is 3.85. The lowest BCUT2D eigenvalue weighted by molar-refractivity contribution is -0.125. The molecule has 2 fully saturated rings. The molecule has 146 valence electrons. The van der Waals surface area contributed by atoms with Gasteiger partial charge in [0.1, 0.15) is 17.0 Å². The van der Waals surface area contributed by atoms with Crippen molar-refractivity contribution in [1.82, 2.24) is 10.3 Å². The number of fused-ring (bicyclic) bond motifs is 1. The molecular weight excluding hydrogens is 416 g/mol. The third-order valence-electron chi connectivity index (χ3n) is 5.72. The predicted molar refractivity (Wildman–Crippen MR) is 109 cm³/mol. The van der Waals surface area contributed by atoms with Gasteiger partial charge in [0.2, 0.25) is 0 Å². The standard InChI is InChI=1S/C21H14Cl2FN3O2/c22-14-6-2-1-5-13(14)12-8-21(9-12)19(28)27(20(29)26-21)17-16-11(10-25-18(17)23)4-3-7-15(16)24/h1-7,10,12H,8-9H2,(H,26,29). The summed E-state index contributed by atoms with van der Waals surface area (Å²) in [5.74, 6) is -0.984. The van der Waals surface area contributed by atoms with Crippen LogP contribution in [0.4, 0.5) is 14.9 Å². The Morgan fingerprint density at radius 2 is 1.86 bits per heavy atom. The van der Waals surface area contributed by atoms with E-state index in [1.807, 2.05) is 18.2 Å². The van der Waals surface area contributed by atoms with Crippen molar-refractivity contribution in [1.29, 1.82) is 0 Å². The van der Waals surface area contributed by atoms with E-state index >= 15 is 0 Å². The summed E-state index contributed by atoms with van der Waals surface area (Å²) < 4.78 is 14.6. The van der Waals surface area contributed by atoms with E-state index in [0.29, 0.717) is 23.3 Å². The highest BCUT2D eigenvalue weighted by Gasteiger charge is 2.60. The van der Waals surface area contributed by atoms with E-state index in [9.17, 15) is 14.0 Å². The molecule has 1 spiro atoms. The first-order valence-electron chi connectivity index (χ1n) is 9.05. The van der Waals surface area contributed by atoms with Gasteiger partial charge in [0.15, 0.2) is 5.15 Å². The number of halogens is 3. The van der Waals surface area contributed by atoms with Crippen LogP contribution in [-0.4, -0.2) is 22.5 Å². The number of hydrogen-bond donors (Lipinski definition) is 1. The Morgan fingerprint density at radius 3 is 2.62 bits per heavy atom. The van der Waals surface area contributed by atoms with Gasteiger partial charge in [-0.15, -0.1) is 0 Å². The zero-order valence-corrected chi connectivity index (χ0v) is 16.5. The highest BCUT2D eigenvalue weighted by Crippen LogP contribution is 2.50. The Balaban J connectivity index is 1.53. The third-order valence-corrected chi connectivity index (χ3v) is 6.34. The topological polar surface area (TPSA) is 62.3 Å². The number of hydrogen-bond acceptors (Lipinski definition) is 3. The van der Waals surface area contributed by atoms with Gasteiger partial charge in [0.25, 0.3) is 5.91 Å². The van der Waals surface area contributed by atoms with E-state index in [1.54, 1.807) is 12.1 Å². The summed E-state index contributed by atoms with van der Waals surface area (Å²) >= 11 is 12.5. The van der Waals surface area contributed by atoms with Crippen LogP contribution in [0.5, 0.6) is 0 Å². The van der Waals surface area contributed by atoms with Crippen LogP contribution in [0.15, 0.2) is 48.7 Å². The Hall–Kier alpha value is -2.70. The van der Waals surface area contributed by atoms with Gasteiger partial charge >= 0.3 is 6.03 Å². The van der Waals surface area contributed by atoms with Gasteiger partial charge in [0, 0.05) is 22.0 Å². The molecule has 1 aliphatic carbocycles. The minimum absolute atomic E-state index is 0.0252. The first-order valence-corrected chi connectivity index (χ1v) is 9.81. The summed E-state index contributed by atoms with van der Waals surface area (Å²) in [4.78, 5) is 31.0. The molecule has 5 rings (SSSR count). The molecule has 0 atom stereocenters. The predicted octanol–water partition coefficient (Wildman–Crippen LogP) is 5.05. The van der Waals surface area contributed by atoms with Crippen molar-refractivity contribution >= 4 is 51.6 Å². The fourth-order valence-electron chi connectivity index (χ4n) is 4.30. The van der Waals surface area contributed by atoms with Crippen molar-refractivity contribution < 1.29 is 14.0 Å². The number of pyridine rings is 1. The Bertz CT molecular complexity index is 1190. The molecular formula is C21H14Cl2FN3O2. The van der Waals surface area contributed by atoms with Crippen LogP contribution in [0.1, 0.15) is 24.3 Å². The molecule has 2 aliphatic rings. The summed E-state index contributed by atoms with van der Waals surface area (Å²) in [5.41, 5.74) is -0.128. The maximum Gasteiger partial charge on any atom is 0.329 e. The van der Waals surface area contributed by atoms with Gasteiger partial charge in [-0.25, -0.2) is 19.1 Å². The molecule has 0 radical (unpaired) electrons. The Morgan fingerprint density at radius 1 is 1.10 bits per heavy atom. The molecule has 1 aromatic heterocycles. The number of amides is 3. The molecule has 3 aromatic rings. The molecule has 1 N–H and O–H groups in total. The monoisotopic (exact) mass is 429 g/mol. The van der Waals surface area contributed by atoms with Crippen molar-refractivity contribution in [3.63, 3.8) is 0 Å². The number of carbonyl (C=O) groups excluding carboxylic acids is 2. The van der Waals surface area contributed by atoms with Gasteiger partial charge in [-0.05, 0) is 36.5 Å². The number of rotatable bonds is 2. The molecule has 8 heteroatoms. The lowest BCUT2D eigenvalue weighted by atomic mass is 9.65. The number of urea groups is 1. The van der Waals surface area contributed by atoms with Crippen LogP contribution in [0.2, 0.25) is 10.2 Å². The van der Waals surface area contributed by atoms with Crippen LogP contribution < -0.4 is 10.2 Å². The van der Waals surface area contributed by atoms with Crippen molar-refractivity contribution in [2.45, 2.75) is 24.3 Å². The molecule has 3 amide bonds. The summed E-state index contributed by atoms with van der Waals surface area (Å²) in [6.07, 6.45) is 2.24. The molecule has 1 aliphatic heterocycles. The molecule has 1 saturated heterocycles. The van der Waals surface area contributed by atoms with E-state index in [-0.39, 0.29) is 22.1 Å². The number of benzene rings is 2. The third kappa shape index (κ3) is 2.63.